The van der Waals surface area contributed by atoms with E-state index in [-0.39, 0.29) is 5.75 Å². The van der Waals surface area contributed by atoms with Gasteiger partial charge in [-0.2, -0.15) is 0 Å². The highest BCUT2D eigenvalue weighted by Crippen LogP contribution is 1.93. The molecule has 90 valence electrons. The molecule has 5 nitrogen and oxygen atoms in total. The van der Waals surface area contributed by atoms with Crippen LogP contribution in [0.5, 0.6) is 0 Å². The summed E-state index contributed by atoms with van der Waals surface area (Å²) in [6.45, 7) is 5.14. The van der Waals surface area contributed by atoms with Gasteiger partial charge in [-0.3, -0.25) is 4.99 Å². The lowest BCUT2D eigenvalue weighted by Gasteiger charge is -2.17. The number of nitrogens with two attached hydrogens (primary N) is 1. The number of rotatable bonds is 5. The largest absolute Gasteiger partial charge is 0.370 e. The summed E-state index contributed by atoms with van der Waals surface area (Å²) in [5.41, 5.74) is 5.68. The van der Waals surface area contributed by atoms with Crippen molar-refractivity contribution in [3.63, 3.8) is 0 Å². The van der Waals surface area contributed by atoms with E-state index in [0.29, 0.717) is 25.0 Å². The van der Waals surface area contributed by atoms with Crippen molar-refractivity contribution in [2.45, 2.75) is 13.8 Å². The number of hydrogen-bond acceptors (Lipinski definition) is 3. The molecule has 0 fully saturated rings. The Kier molecular flexibility index (Phi) is 5.64. The van der Waals surface area contributed by atoms with Crippen LogP contribution >= 0.6 is 0 Å². The van der Waals surface area contributed by atoms with Crippen LogP contribution in [0.3, 0.4) is 0 Å². The van der Waals surface area contributed by atoms with Crippen LogP contribution in [-0.2, 0) is 9.84 Å². The minimum absolute atomic E-state index is 0.0986. The smallest absolute Gasteiger partial charge is 0.191 e. The summed E-state index contributed by atoms with van der Waals surface area (Å²) >= 11 is 0. The van der Waals surface area contributed by atoms with Crippen LogP contribution in [0.2, 0.25) is 0 Å². The van der Waals surface area contributed by atoms with E-state index >= 15 is 0 Å². The Morgan fingerprint density at radius 1 is 1.47 bits per heavy atom. The zero-order valence-corrected chi connectivity index (χ0v) is 10.7. The molecule has 0 heterocycles. The van der Waals surface area contributed by atoms with Crippen molar-refractivity contribution in [2.75, 3.05) is 32.1 Å². The third-order valence-electron chi connectivity index (χ3n) is 1.81. The maximum absolute atomic E-state index is 10.9. The van der Waals surface area contributed by atoms with Gasteiger partial charge in [-0.1, -0.05) is 13.8 Å². The van der Waals surface area contributed by atoms with Crippen molar-refractivity contribution < 1.29 is 8.42 Å². The van der Waals surface area contributed by atoms with E-state index in [4.69, 9.17) is 5.73 Å². The van der Waals surface area contributed by atoms with Crippen LogP contribution < -0.4 is 5.73 Å². The molecule has 0 aromatic rings. The quantitative estimate of drug-likeness (QED) is 0.535. The van der Waals surface area contributed by atoms with Crippen LogP contribution in [-0.4, -0.2) is 51.4 Å². The first-order chi connectivity index (χ1) is 6.72. The lowest BCUT2D eigenvalue weighted by atomic mass is 10.2. The van der Waals surface area contributed by atoms with Gasteiger partial charge in [0.15, 0.2) is 5.96 Å². The van der Waals surface area contributed by atoms with E-state index in [1.165, 1.54) is 6.26 Å². The summed E-state index contributed by atoms with van der Waals surface area (Å²) in [4.78, 5) is 5.81. The summed E-state index contributed by atoms with van der Waals surface area (Å²) in [6, 6.07) is 0. The van der Waals surface area contributed by atoms with Gasteiger partial charge in [0, 0.05) is 26.4 Å². The molecule has 0 aromatic heterocycles. The molecular formula is C9H21N3O2S. The second kappa shape index (κ2) is 5.95. The van der Waals surface area contributed by atoms with Gasteiger partial charge in [0.05, 0.1) is 5.75 Å². The van der Waals surface area contributed by atoms with Crippen molar-refractivity contribution in [3.05, 3.63) is 0 Å². The molecule has 0 rings (SSSR count). The highest BCUT2D eigenvalue weighted by molar-refractivity contribution is 7.90. The normalized spacial score (nSPS) is 13.3. The third kappa shape index (κ3) is 8.23. The van der Waals surface area contributed by atoms with E-state index in [1.54, 1.807) is 11.9 Å². The van der Waals surface area contributed by atoms with Gasteiger partial charge >= 0.3 is 0 Å². The van der Waals surface area contributed by atoms with Gasteiger partial charge in [0.1, 0.15) is 9.84 Å². The van der Waals surface area contributed by atoms with Gasteiger partial charge in [0.2, 0.25) is 0 Å². The maximum Gasteiger partial charge on any atom is 0.191 e. The van der Waals surface area contributed by atoms with Crippen LogP contribution in [0.25, 0.3) is 0 Å². The topological polar surface area (TPSA) is 75.8 Å². The van der Waals surface area contributed by atoms with Crippen LogP contribution in [0, 0.1) is 5.92 Å². The van der Waals surface area contributed by atoms with E-state index in [9.17, 15) is 8.42 Å². The van der Waals surface area contributed by atoms with Gasteiger partial charge in [-0.25, -0.2) is 8.42 Å². The van der Waals surface area contributed by atoms with Crippen LogP contribution in [0.4, 0.5) is 0 Å². The molecule has 0 aliphatic carbocycles. The van der Waals surface area contributed by atoms with E-state index < -0.39 is 9.84 Å². The lowest BCUT2D eigenvalue weighted by Crippen LogP contribution is -2.37. The minimum Gasteiger partial charge on any atom is -0.370 e. The minimum atomic E-state index is -2.94. The summed E-state index contributed by atoms with van der Waals surface area (Å²) in [5.74, 6) is 0.945. The average molecular weight is 235 g/mol. The second-order valence-electron chi connectivity index (χ2n) is 4.14. The van der Waals surface area contributed by atoms with Crippen molar-refractivity contribution in [1.29, 1.82) is 0 Å². The molecule has 0 aliphatic heterocycles. The maximum atomic E-state index is 10.9. The first-order valence-corrected chi connectivity index (χ1v) is 6.97. The first-order valence-electron chi connectivity index (χ1n) is 4.91. The molecule has 0 atom stereocenters. The molecule has 0 bridgehead atoms. The summed E-state index contributed by atoms with van der Waals surface area (Å²) in [7, 11) is -1.20. The lowest BCUT2D eigenvalue weighted by molar-refractivity contribution is 0.515. The molecule has 0 radical (unpaired) electrons. The Morgan fingerprint density at radius 3 is 2.40 bits per heavy atom. The predicted molar refractivity (Wildman–Crippen MR) is 63.7 cm³/mol. The van der Waals surface area contributed by atoms with Crippen molar-refractivity contribution >= 4 is 15.8 Å². The monoisotopic (exact) mass is 235 g/mol. The van der Waals surface area contributed by atoms with Crippen molar-refractivity contribution in [1.82, 2.24) is 4.90 Å². The number of sulfone groups is 1. The fraction of sp³-hybridized carbons (Fsp3) is 0.889. The van der Waals surface area contributed by atoms with Gasteiger partial charge < -0.3 is 10.6 Å². The third-order valence-corrected chi connectivity index (χ3v) is 2.73. The number of aliphatic imine (C=N–C) groups is 1. The highest BCUT2D eigenvalue weighted by Gasteiger charge is 2.07. The first kappa shape index (κ1) is 14.2. The molecule has 6 heteroatoms. The molecule has 0 saturated heterocycles. The van der Waals surface area contributed by atoms with E-state index in [1.807, 2.05) is 13.8 Å². The van der Waals surface area contributed by atoms with Gasteiger partial charge in [-0.15, -0.1) is 0 Å². The molecule has 0 spiro atoms. The fourth-order valence-electron chi connectivity index (χ4n) is 0.814. The number of hydrogen-bond donors (Lipinski definition) is 1. The molecule has 0 saturated carbocycles. The zero-order chi connectivity index (χ0) is 12.1. The Hall–Kier alpha value is -0.780. The molecule has 15 heavy (non-hydrogen) atoms. The Labute approximate surface area is 92.3 Å². The summed E-state index contributed by atoms with van der Waals surface area (Å²) in [6.07, 6.45) is 1.21. The molecule has 0 aromatic carbocycles. The van der Waals surface area contributed by atoms with Gasteiger partial charge in [0.25, 0.3) is 0 Å². The number of nitrogens with zero attached hydrogens (tertiary/aromatic N) is 2. The number of guanidine groups is 1. The Balaban J connectivity index is 4.10. The van der Waals surface area contributed by atoms with Crippen molar-refractivity contribution in [3.8, 4) is 0 Å². The Bertz CT molecular complexity index is 309. The summed E-state index contributed by atoms with van der Waals surface area (Å²) < 4.78 is 21.8. The standard InChI is InChI=1S/C9H21N3O2S/c1-8(2)7-11-9(10)12(3)5-6-15(4,13)14/h8H,5-7H2,1-4H3,(H2,10,11). The van der Waals surface area contributed by atoms with E-state index in [2.05, 4.69) is 4.99 Å². The average Bonchev–Trinajstić information content (AvgIpc) is 2.08. The molecule has 0 unspecified atom stereocenters. The van der Waals surface area contributed by atoms with Crippen molar-refractivity contribution in [2.24, 2.45) is 16.6 Å². The SMILES string of the molecule is CC(C)CN=C(N)N(C)CCS(C)(=O)=O. The van der Waals surface area contributed by atoms with Crippen LogP contribution in [0.15, 0.2) is 4.99 Å². The Morgan fingerprint density at radius 2 is 2.00 bits per heavy atom. The molecular weight excluding hydrogens is 214 g/mol. The zero-order valence-electron chi connectivity index (χ0n) is 9.90. The van der Waals surface area contributed by atoms with E-state index in [0.717, 1.165) is 0 Å². The second-order valence-corrected chi connectivity index (χ2v) is 6.40. The molecule has 0 aliphatic rings. The fourth-order valence-corrected chi connectivity index (χ4v) is 1.42. The highest BCUT2D eigenvalue weighted by atomic mass is 32.2. The van der Waals surface area contributed by atoms with Crippen LogP contribution in [0.1, 0.15) is 13.8 Å². The van der Waals surface area contributed by atoms with Gasteiger partial charge in [-0.05, 0) is 5.92 Å². The summed E-state index contributed by atoms with van der Waals surface area (Å²) in [5, 5.41) is 0. The predicted octanol–water partition coefficient (Wildman–Crippen LogP) is -0.0665. The molecule has 0 amide bonds. The molecule has 2 N–H and O–H groups in total.